The van der Waals surface area contributed by atoms with Crippen molar-refractivity contribution in [2.75, 3.05) is 6.61 Å². The van der Waals surface area contributed by atoms with E-state index in [1.54, 1.807) is 0 Å². The molecule has 0 aromatic carbocycles. The second kappa shape index (κ2) is 5.51. The van der Waals surface area contributed by atoms with Crippen molar-refractivity contribution in [2.24, 2.45) is 0 Å². The predicted molar refractivity (Wildman–Crippen MR) is 54.7 cm³/mol. The molecule has 0 saturated heterocycles. The summed E-state index contributed by atoms with van der Waals surface area (Å²) in [5.41, 5.74) is 0. The lowest BCUT2D eigenvalue weighted by atomic mass is 10.5. The van der Waals surface area contributed by atoms with E-state index in [9.17, 15) is 0 Å². The van der Waals surface area contributed by atoms with Gasteiger partial charge in [0.05, 0.1) is 0 Å². The van der Waals surface area contributed by atoms with Gasteiger partial charge in [-0.3, -0.25) is 0 Å². The first kappa shape index (κ1) is 11.9. The van der Waals surface area contributed by atoms with Gasteiger partial charge in [-0.05, 0) is 39.6 Å². The second-order valence-electron chi connectivity index (χ2n) is 3.58. The topological polar surface area (TPSA) is 18.5 Å². The first-order valence-electron chi connectivity index (χ1n) is 4.42. The van der Waals surface area contributed by atoms with Crippen LogP contribution in [0.15, 0.2) is 12.2 Å². The smallest absolute Gasteiger partial charge is 0.187 e. The lowest BCUT2D eigenvalue weighted by Crippen LogP contribution is -2.32. The predicted octanol–water partition coefficient (Wildman–Crippen LogP) is 2.78. The molecule has 0 saturated carbocycles. The Bertz CT molecular complexity index is 138. The molecule has 0 aromatic heterocycles. The van der Waals surface area contributed by atoms with Crippen LogP contribution in [0.25, 0.3) is 0 Å². The highest BCUT2D eigenvalue weighted by Crippen LogP contribution is 2.09. The monoisotopic (exact) mass is 188 g/mol. The number of allylic oxidation sites excluding steroid dienone is 1. The molecular weight excluding hydrogens is 168 g/mol. The second-order valence-corrected chi connectivity index (χ2v) is 8.04. The third kappa shape index (κ3) is 6.58. The standard InChI is InChI=1S/C9H20O2Si/c1-6-8-9(10-7-2)11-12(3,4)5/h6,8-9H,7H2,1-5H3/b8-6+. The molecule has 2 nitrogen and oxygen atoms in total. The summed E-state index contributed by atoms with van der Waals surface area (Å²) in [6, 6.07) is 0. The summed E-state index contributed by atoms with van der Waals surface area (Å²) in [7, 11) is -1.47. The first-order valence-corrected chi connectivity index (χ1v) is 7.82. The SMILES string of the molecule is C/C=C/C(OCC)O[Si](C)(C)C. The molecule has 0 heterocycles. The van der Waals surface area contributed by atoms with Crippen LogP contribution in [-0.2, 0) is 9.16 Å². The van der Waals surface area contributed by atoms with Crippen molar-refractivity contribution >= 4 is 8.32 Å². The molecule has 0 N–H and O–H groups in total. The average Bonchev–Trinajstić information content (AvgIpc) is 1.84. The van der Waals surface area contributed by atoms with Gasteiger partial charge in [0.15, 0.2) is 14.6 Å². The third-order valence-corrected chi connectivity index (χ3v) is 2.09. The Morgan fingerprint density at radius 2 is 1.92 bits per heavy atom. The number of ether oxygens (including phenoxy) is 1. The van der Waals surface area contributed by atoms with Crippen molar-refractivity contribution in [3.63, 3.8) is 0 Å². The van der Waals surface area contributed by atoms with Gasteiger partial charge in [-0.1, -0.05) is 6.08 Å². The van der Waals surface area contributed by atoms with Crippen LogP contribution in [0, 0.1) is 0 Å². The molecule has 12 heavy (non-hydrogen) atoms. The van der Waals surface area contributed by atoms with Crippen molar-refractivity contribution in [2.45, 2.75) is 39.8 Å². The molecule has 0 spiro atoms. The molecule has 0 aromatic rings. The summed E-state index contributed by atoms with van der Waals surface area (Å²) >= 11 is 0. The largest absolute Gasteiger partial charge is 0.390 e. The van der Waals surface area contributed by atoms with E-state index in [2.05, 4.69) is 19.6 Å². The Balaban J connectivity index is 3.95. The summed E-state index contributed by atoms with van der Waals surface area (Å²) in [6.45, 7) is 11.1. The molecule has 1 unspecified atom stereocenters. The van der Waals surface area contributed by atoms with Crippen LogP contribution in [0.2, 0.25) is 19.6 Å². The van der Waals surface area contributed by atoms with Crippen LogP contribution in [0.4, 0.5) is 0 Å². The van der Waals surface area contributed by atoms with Crippen LogP contribution in [0.1, 0.15) is 13.8 Å². The molecule has 0 rings (SSSR count). The van der Waals surface area contributed by atoms with Crippen LogP contribution in [-0.4, -0.2) is 21.2 Å². The Morgan fingerprint density at radius 3 is 2.25 bits per heavy atom. The Morgan fingerprint density at radius 1 is 1.33 bits per heavy atom. The quantitative estimate of drug-likeness (QED) is 0.375. The maximum atomic E-state index is 5.75. The fourth-order valence-electron chi connectivity index (χ4n) is 0.799. The fraction of sp³-hybridized carbons (Fsp3) is 0.778. The maximum Gasteiger partial charge on any atom is 0.187 e. The lowest BCUT2D eigenvalue weighted by molar-refractivity contribution is -0.0456. The summed E-state index contributed by atoms with van der Waals surface area (Å²) < 4.78 is 11.1. The van der Waals surface area contributed by atoms with E-state index in [-0.39, 0.29) is 6.29 Å². The molecule has 0 bridgehead atoms. The van der Waals surface area contributed by atoms with Gasteiger partial charge in [0.25, 0.3) is 0 Å². The van der Waals surface area contributed by atoms with Gasteiger partial charge in [-0.15, -0.1) is 0 Å². The highest BCUT2D eigenvalue weighted by atomic mass is 28.4. The zero-order valence-electron chi connectivity index (χ0n) is 8.76. The van der Waals surface area contributed by atoms with E-state index in [1.165, 1.54) is 0 Å². The van der Waals surface area contributed by atoms with Gasteiger partial charge in [-0.25, -0.2) is 0 Å². The van der Waals surface area contributed by atoms with E-state index in [1.807, 2.05) is 26.0 Å². The van der Waals surface area contributed by atoms with E-state index >= 15 is 0 Å². The average molecular weight is 188 g/mol. The Kier molecular flexibility index (Phi) is 5.45. The van der Waals surface area contributed by atoms with Gasteiger partial charge in [0.1, 0.15) is 0 Å². The fourth-order valence-corrected chi connectivity index (χ4v) is 1.64. The third-order valence-electron chi connectivity index (χ3n) is 1.15. The van der Waals surface area contributed by atoms with Crippen LogP contribution in [0.5, 0.6) is 0 Å². The molecule has 0 aliphatic carbocycles. The molecule has 0 amide bonds. The molecule has 0 aliphatic heterocycles. The molecule has 3 heteroatoms. The van der Waals surface area contributed by atoms with Gasteiger partial charge >= 0.3 is 0 Å². The summed E-state index contributed by atoms with van der Waals surface area (Å²) in [6.07, 6.45) is 3.76. The number of rotatable bonds is 5. The van der Waals surface area contributed by atoms with Gasteiger partial charge in [-0.2, -0.15) is 0 Å². The highest BCUT2D eigenvalue weighted by molar-refractivity contribution is 6.69. The van der Waals surface area contributed by atoms with Gasteiger partial charge < -0.3 is 9.16 Å². The lowest BCUT2D eigenvalue weighted by Gasteiger charge is -2.23. The Labute approximate surface area is 76.7 Å². The van der Waals surface area contributed by atoms with E-state index in [0.717, 1.165) is 0 Å². The van der Waals surface area contributed by atoms with Crippen LogP contribution in [0.3, 0.4) is 0 Å². The highest BCUT2D eigenvalue weighted by Gasteiger charge is 2.19. The van der Waals surface area contributed by atoms with Crippen molar-refractivity contribution in [1.29, 1.82) is 0 Å². The number of hydrogen-bond acceptors (Lipinski definition) is 2. The molecule has 0 fully saturated rings. The van der Waals surface area contributed by atoms with E-state index in [0.29, 0.717) is 6.61 Å². The molecule has 0 aliphatic rings. The minimum Gasteiger partial charge on any atom is -0.390 e. The minimum atomic E-state index is -1.47. The zero-order valence-corrected chi connectivity index (χ0v) is 9.76. The molecule has 72 valence electrons. The maximum absolute atomic E-state index is 5.75. The van der Waals surface area contributed by atoms with Crippen LogP contribution >= 0.6 is 0 Å². The molecule has 0 radical (unpaired) electrons. The van der Waals surface area contributed by atoms with E-state index < -0.39 is 8.32 Å². The summed E-state index contributed by atoms with van der Waals surface area (Å²) in [5.74, 6) is 0. The van der Waals surface area contributed by atoms with Gasteiger partial charge in [0.2, 0.25) is 0 Å². The molecular formula is C9H20O2Si. The molecule has 1 atom stereocenters. The van der Waals surface area contributed by atoms with Crippen molar-refractivity contribution in [1.82, 2.24) is 0 Å². The normalized spacial score (nSPS) is 15.4. The number of hydrogen-bond donors (Lipinski definition) is 0. The van der Waals surface area contributed by atoms with Crippen molar-refractivity contribution in [3.05, 3.63) is 12.2 Å². The zero-order chi connectivity index (χ0) is 9.61. The van der Waals surface area contributed by atoms with Crippen molar-refractivity contribution in [3.8, 4) is 0 Å². The summed E-state index contributed by atoms with van der Waals surface area (Å²) in [5, 5.41) is 0. The first-order chi connectivity index (χ1) is 5.49. The minimum absolute atomic E-state index is 0.147. The van der Waals surface area contributed by atoms with Crippen molar-refractivity contribution < 1.29 is 9.16 Å². The Hall–Kier alpha value is -0.123. The summed E-state index contributed by atoms with van der Waals surface area (Å²) in [4.78, 5) is 0. The van der Waals surface area contributed by atoms with E-state index in [4.69, 9.17) is 9.16 Å². The van der Waals surface area contributed by atoms with Crippen LogP contribution < -0.4 is 0 Å². The van der Waals surface area contributed by atoms with Gasteiger partial charge in [0, 0.05) is 6.61 Å².